The van der Waals surface area contributed by atoms with Crippen LogP contribution >= 0.6 is 0 Å². The number of hydrogen-bond donors (Lipinski definition) is 1. The van der Waals surface area contributed by atoms with Crippen LogP contribution in [0, 0.1) is 28.6 Å². The number of carbonyl (C=O) groups is 2. The van der Waals surface area contributed by atoms with Crippen molar-refractivity contribution in [3.05, 3.63) is 30.1 Å². The van der Waals surface area contributed by atoms with Gasteiger partial charge in [0.05, 0.1) is 0 Å². The highest BCUT2D eigenvalue weighted by Gasteiger charge is 2.76. The molecule has 6 heteroatoms. The summed E-state index contributed by atoms with van der Waals surface area (Å²) in [4.78, 5) is 31.6. The van der Waals surface area contributed by atoms with E-state index in [2.05, 4.69) is 10.3 Å². The molecule has 0 aliphatic heterocycles. The molecule has 1 N–H and O–H groups in total. The molecule has 0 aromatic carbocycles. The van der Waals surface area contributed by atoms with Crippen LogP contribution < -0.4 is 5.32 Å². The Morgan fingerprint density at radius 1 is 1.31 bits per heavy atom. The molecule has 6 nitrogen and oxygen atoms in total. The van der Waals surface area contributed by atoms with Crippen LogP contribution in [-0.4, -0.2) is 39.7 Å². The Labute approximate surface area is 170 Å². The van der Waals surface area contributed by atoms with Gasteiger partial charge in [0.15, 0.2) is 0 Å². The number of imidazole rings is 1. The van der Waals surface area contributed by atoms with Crippen LogP contribution in [0.15, 0.2) is 24.4 Å². The first-order chi connectivity index (χ1) is 13.9. The molecule has 0 saturated heterocycles. The molecule has 2 aromatic heterocycles. The van der Waals surface area contributed by atoms with E-state index in [1.807, 2.05) is 29.5 Å². The minimum atomic E-state index is -0.107. The van der Waals surface area contributed by atoms with Crippen LogP contribution in [0.5, 0.6) is 0 Å². The Morgan fingerprint density at radius 2 is 2.17 bits per heavy atom. The molecule has 0 radical (unpaired) electrons. The summed E-state index contributed by atoms with van der Waals surface area (Å²) in [6.45, 7) is 2.56. The lowest BCUT2D eigenvalue weighted by Crippen LogP contribution is -2.31. The van der Waals surface area contributed by atoms with E-state index in [0.717, 1.165) is 17.8 Å². The zero-order valence-electron chi connectivity index (χ0n) is 17.1. The highest BCUT2D eigenvalue weighted by Crippen LogP contribution is 2.84. The zero-order valence-corrected chi connectivity index (χ0v) is 17.1. The van der Waals surface area contributed by atoms with Gasteiger partial charge in [-0.2, -0.15) is 0 Å². The van der Waals surface area contributed by atoms with Crippen molar-refractivity contribution in [2.45, 2.75) is 45.4 Å². The summed E-state index contributed by atoms with van der Waals surface area (Å²) < 4.78 is 1.82. The van der Waals surface area contributed by atoms with Crippen molar-refractivity contribution in [1.82, 2.24) is 14.3 Å². The first-order valence-electron chi connectivity index (χ1n) is 11.0. The van der Waals surface area contributed by atoms with E-state index >= 15 is 0 Å². The summed E-state index contributed by atoms with van der Waals surface area (Å²) in [5.41, 5.74) is 1.94. The predicted molar refractivity (Wildman–Crippen MR) is 109 cm³/mol. The van der Waals surface area contributed by atoms with Gasteiger partial charge < -0.3 is 10.2 Å². The number of anilines is 1. The first-order valence-corrected chi connectivity index (χ1v) is 11.0. The molecule has 1 spiro atoms. The summed E-state index contributed by atoms with van der Waals surface area (Å²) in [6.07, 6.45) is 8.98. The van der Waals surface area contributed by atoms with Crippen molar-refractivity contribution in [1.29, 1.82) is 0 Å². The Morgan fingerprint density at radius 3 is 3.00 bits per heavy atom. The van der Waals surface area contributed by atoms with Crippen LogP contribution in [0.25, 0.3) is 5.65 Å². The Hall–Kier alpha value is -2.37. The summed E-state index contributed by atoms with van der Waals surface area (Å²) in [5.74, 6) is 3.46. The highest BCUT2D eigenvalue weighted by molar-refractivity contribution is 5.94. The second-order valence-corrected chi connectivity index (χ2v) is 10.1. The topological polar surface area (TPSA) is 66.7 Å². The maximum Gasteiger partial charge on any atom is 0.273 e. The molecule has 2 heterocycles. The largest absolute Gasteiger partial charge is 0.341 e. The molecule has 2 amide bonds. The fourth-order valence-electron chi connectivity index (χ4n) is 6.95. The van der Waals surface area contributed by atoms with Gasteiger partial charge >= 0.3 is 0 Å². The van der Waals surface area contributed by atoms with Crippen LogP contribution in [-0.2, 0) is 4.79 Å². The highest BCUT2D eigenvalue weighted by atomic mass is 16.2. The molecule has 152 valence electrons. The van der Waals surface area contributed by atoms with Gasteiger partial charge in [-0.15, -0.1) is 0 Å². The Kier molecular flexibility index (Phi) is 3.38. The number of nitrogens with one attached hydrogen (secondary N) is 1. The van der Waals surface area contributed by atoms with Gasteiger partial charge in [-0.25, -0.2) is 4.98 Å². The lowest BCUT2D eigenvalue weighted by Gasteiger charge is -2.35. The molecule has 4 saturated carbocycles. The van der Waals surface area contributed by atoms with Crippen LogP contribution in [0.2, 0.25) is 0 Å². The molecule has 5 atom stereocenters. The second-order valence-electron chi connectivity index (χ2n) is 10.1. The number of nitrogens with zero attached hydrogens (tertiary/aromatic N) is 3. The minimum absolute atomic E-state index is 0.0975. The number of carbonyl (C=O) groups excluding carboxylic acids is 2. The third-order valence-corrected chi connectivity index (χ3v) is 8.35. The predicted octanol–water partition coefficient (Wildman–Crippen LogP) is 3.58. The number of rotatable bonds is 5. The maximum atomic E-state index is 13.0. The van der Waals surface area contributed by atoms with Crippen molar-refractivity contribution in [2.75, 3.05) is 18.9 Å². The Balaban J connectivity index is 1.22. The normalized spacial score (nSPS) is 35.7. The standard InChI is InChI=1S/C23H28N4O2/c1-3-26(2)21(29)17-12-27-18(24-17)5-4-6-19(27)25-20(28)11-22-8-14-7-16(14)23(13-22)10-15(23)9-22/h4-6,12,14-16H,3,7-11,13H2,1-2H3,(H,25,28). The van der Waals surface area contributed by atoms with Crippen molar-refractivity contribution in [2.24, 2.45) is 28.6 Å². The zero-order chi connectivity index (χ0) is 20.0. The molecule has 29 heavy (non-hydrogen) atoms. The number of amides is 2. The number of pyridine rings is 1. The van der Waals surface area contributed by atoms with Crippen molar-refractivity contribution in [3.8, 4) is 0 Å². The summed E-state index contributed by atoms with van der Waals surface area (Å²) in [6, 6.07) is 5.62. The quantitative estimate of drug-likeness (QED) is 0.846. The van der Waals surface area contributed by atoms with Gasteiger partial charge in [0.2, 0.25) is 5.91 Å². The van der Waals surface area contributed by atoms with E-state index in [-0.39, 0.29) is 17.2 Å². The van der Waals surface area contributed by atoms with E-state index in [0.29, 0.717) is 35.5 Å². The van der Waals surface area contributed by atoms with Crippen molar-refractivity contribution in [3.63, 3.8) is 0 Å². The van der Waals surface area contributed by atoms with Gasteiger partial charge in [0.25, 0.3) is 5.91 Å². The van der Waals surface area contributed by atoms with Gasteiger partial charge in [-0.05, 0) is 79.7 Å². The molecule has 6 rings (SSSR count). The lowest BCUT2D eigenvalue weighted by molar-refractivity contribution is -0.119. The van der Waals surface area contributed by atoms with Gasteiger partial charge in [0.1, 0.15) is 17.2 Å². The van der Waals surface area contributed by atoms with E-state index in [4.69, 9.17) is 0 Å². The molecular weight excluding hydrogens is 364 g/mol. The van der Waals surface area contributed by atoms with E-state index in [9.17, 15) is 9.59 Å². The molecular formula is C23H28N4O2. The first kappa shape index (κ1) is 17.5. The fraction of sp³-hybridized carbons (Fsp3) is 0.609. The maximum absolute atomic E-state index is 13.0. The number of aromatic nitrogens is 2. The SMILES string of the molecule is CCN(C)C(=O)c1cn2c(NC(=O)CC34CC5CC5C5(CC5C3)C4)cccc2n1. The summed E-state index contributed by atoms with van der Waals surface area (Å²) in [5, 5.41) is 3.12. The van der Waals surface area contributed by atoms with Crippen molar-refractivity contribution < 1.29 is 9.59 Å². The third kappa shape index (κ3) is 2.50. The summed E-state index contributed by atoms with van der Waals surface area (Å²) in [7, 11) is 1.77. The lowest BCUT2D eigenvalue weighted by atomic mass is 9.69. The molecule has 4 aliphatic carbocycles. The summed E-state index contributed by atoms with van der Waals surface area (Å²) >= 11 is 0. The fourth-order valence-corrected chi connectivity index (χ4v) is 6.95. The average molecular weight is 393 g/mol. The van der Waals surface area contributed by atoms with Crippen LogP contribution in [0.4, 0.5) is 5.82 Å². The van der Waals surface area contributed by atoms with Gasteiger partial charge in [-0.1, -0.05) is 6.07 Å². The van der Waals surface area contributed by atoms with Gasteiger partial charge in [0, 0.05) is 26.2 Å². The van der Waals surface area contributed by atoms with E-state index in [1.165, 1.54) is 32.1 Å². The Bertz CT molecular complexity index is 1040. The second kappa shape index (κ2) is 5.61. The minimum Gasteiger partial charge on any atom is -0.341 e. The van der Waals surface area contributed by atoms with Crippen LogP contribution in [0.1, 0.15) is 55.9 Å². The third-order valence-electron chi connectivity index (χ3n) is 8.35. The molecule has 2 bridgehead atoms. The smallest absolute Gasteiger partial charge is 0.273 e. The molecule has 5 unspecified atom stereocenters. The number of hydrogen-bond acceptors (Lipinski definition) is 3. The van der Waals surface area contributed by atoms with Crippen molar-refractivity contribution >= 4 is 23.3 Å². The van der Waals surface area contributed by atoms with E-state index < -0.39 is 0 Å². The monoisotopic (exact) mass is 392 g/mol. The van der Waals surface area contributed by atoms with E-state index in [1.54, 1.807) is 18.1 Å². The molecule has 2 aromatic rings. The van der Waals surface area contributed by atoms with Gasteiger partial charge in [-0.3, -0.25) is 14.0 Å². The van der Waals surface area contributed by atoms with Crippen LogP contribution in [0.3, 0.4) is 0 Å². The average Bonchev–Trinajstić information content (AvgIpc) is 3.52. The number of fused-ring (bicyclic) bond motifs is 3. The molecule has 4 aliphatic rings. The molecule has 4 fully saturated rings.